The van der Waals surface area contributed by atoms with Gasteiger partial charge in [-0.05, 0) is 31.0 Å². The minimum Gasteiger partial charge on any atom is -0.308 e. The zero-order chi connectivity index (χ0) is 15.7. The van der Waals surface area contributed by atoms with Gasteiger partial charge in [0.05, 0.1) is 11.0 Å². The summed E-state index contributed by atoms with van der Waals surface area (Å²) in [6.45, 7) is 4.17. The summed E-state index contributed by atoms with van der Waals surface area (Å²) in [5.74, 6) is 0.0314. The maximum Gasteiger partial charge on any atom is 0.273 e. The summed E-state index contributed by atoms with van der Waals surface area (Å²) in [5, 5.41) is 0. The summed E-state index contributed by atoms with van der Waals surface area (Å²) in [7, 11) is 1.82. The van der Waals surface area contributed by atoms with Gasteiger partial charge in [0.15, 0.2) is 0 Å². The van der Waals surface area contributed by atoms with Crippen LogP contribution in [0.5, 0.6) is 0 Å². The Morgan fingerprint density at radius 3 is 2.45 bits per heavy atom. The Morgan fingerprint density at radius 2 is 1.77 bits per heavy atom. The molecule has 3 nitrogen and oxygen atoms in total. The number of rotatable bonds is 3. The van der Waals surface area contributed by atoms with E-state index in [1.807, 2.05) is 31.3 Å². The van der Waals surface area contributed by atoms with E-state index in [-0.39, 0.29) is 11.5 Å². The molecule has 0 amide bonds. The zero-order valence-electron chi connectivity index (χ0n) is 13.2. The molecule has 3 heteroatoms. The predicted octanol–water partition coefficient (Wildman–Crippen LogP) is 3.78. The highest BCUT2D eigenvalue weighted by Gasteiger charge is 2.19. The molecule has 1 atom stereocenters. The SMILES string of the molecule is CCC(c1ccc(C)cc1)c1nc2ccccc2n(C)c1=O. The molecule has 0 radical (unpaired) electrons. The molecule has 0 aliphatic carbocycles. The minimum atomic E-state index is -0.00822. The first-order valence-corrected chi connectivity index (χ1v) is 7.64. The molecule has 1 aromatic heterocycles. The van der Waals surface area contributed by atoms with E-state index in [1.165, 1.54) is 5.56 Å². The van der Waals surface area contributed by atoms with Gasteiger partial charge in [0.1, 0.15) is 5.69 Å². The second kappa shape index (κ2) is 5.76. The fourth-order valence-electron chi connectivity index (χ4n) is 2.91. The van der Waals surface area contributed by atoms with Crippen molar-refractivity contribution in [3.63, 3.8) is 0 Å². The quantitative estimate of drug-likeness (QED) is 0.736. The monoisotopic (exact) mass is 292 g/mol. The molecule has 0 saturated heterocycles. The standard InChI is InChI=1S/C19H20N2O/c1-4-15(14-11-9-13(2)10-12-14)18-19(22)21(3)17-8-6-5-7-16(17)20-18/h5-12,15H,4H2,1-3H3. The second-order valence-electron chi connectivity index (χ2n) is 5.72. The molecule has 1 heterocycles. The van der Waals surface area contributed by atoms with Gasteiger partial charge in [0, 0.05) is 13.0 Å². The summed E-state index contributed by atoms with van der Waals surface area (Å²) in [6, 6.07) is 16.1. The molecule has 3 rings (SSSR count). The summed E-state index contributed by atoms with van der Waals surface area (Å²) in [5.41, 5.74) is 4.73. The average Bonchev–Trinajstić information content (AvgIpc) is 2.54. The summed E-state index contributed by atoms with van der Waals surface area (Å²) in [6.07, 6.45) is 0.851. The summed E-state index contributed by atoms with van der Waals surface area (Å²) >= 11 is 0. The highest BCUT2D eigenvalue weighted by Crippen LogP contribution is 2.25. The maximum absolute atomic E-state index is 12.7. The fourth-order valence-corrected chi connectivity index (χ4v) is 2.91. The van der Waals surface area contributed by atoms with Crippen LogP contribution < -0.4 is 5.56 Å². The lowest BCUT2D eigenvalue weighted by Gasteiger charge is -2.16. The van der Waals surface area contributed by atoms with Gasteiger partial charge in [-0.3, -0.25) is 4.79 Å². The molecule has 0 spiro atoms. The first-order chi connectivity index (χ1) is 10.6. The van der Waals surface area contributed by atoms with E-state index in [0.717, 1.165) is 23.0 Å². The first kappa shape index (κ1) is 14.5. The van der Waals surface area contributed by atoms with Crippen LogP contribution >= 0.6 is 0 Å². The van der Waals surface area contributed by atoms with Crippen LogP contribution in [0.4, 0.5) is 0 Å². The van der Waals surface area contributed by atoms with Gasteiger partial charge in [-0.15, -0.1) is 0 Å². The van der Waals surface area contributed by atoms with E-state index < -0.39 is 0 Å². The normalized spacial score (nSPS) is 12.5. The zero-order valence-corrected chi connectivity index (χ0v) is 13.2. The lowest BCUT2D eigenvalue weighted by atomic mass is 9.92. The van der Waals surface area contributed by atoms with Crippen LogP contribution in [0.25, 0.3) is 11.0 Å². The molecular formula is C19H20N2O. The van der Waals surface area contributed by atoms with Crippen LogP contribution in [0, 0.1) is 6.92 Å². The van der Waals surface area contributed by atoms with E-state index >= 15 is 0 Å². The third-order valence-electron chi connectivity index (χ3n) is 4.23. The molecule has 0 bridgehead atoms. The van der Waals surface area contributed by atoms with Crippen molar-refractivity contribution in [3.05, 3.63) is 75.7 Å². The third kappa shape index (κ3) is 2.43. The molecule has 22 heavy (non-hydrogen) atoms. The summed E-state index contributed by atoms with van der Waals surface area (Å²) in [4.78, 5) is 17.4. The second-order valence-corrected chi connectivity index (χ2v) is 5.72. The molecule has 2 aromatic carbocycles. The molecule has 1 unspecified atom stereocenters. The third-order valence-corrected chi connectivity index (χ3v) is 4.23. The molecule has 3 aromatic rings. The molecule has 0 saturated carbocycles. The van der Waals surface area contributed by atoms with Gasteiger partial charge in [0.25, 0.3) is 5.56 Å². The largest absolute Gasteiger partial charge is 0.308 e. The number of hydrogen-bond acceptors (Lipinski definition) is 2. The van der Waals surface area contributed by atoms with Gasteiger partial charge in [-0.25, -0.2) is 4.98 Å². The first-order valence-electron chi connectivity index (χ1n) is 7.64. The molecule has 0 N–H and O–H groups in total. The van der Waals surface area contributed by atoms with Gasteiger partial charge in [-0.1, -0.05) is 48.9 Å². The highest BCUT2D eigenvalue weighted by atomic mass is 16.1. The van der Waals surface area contributed by atoms with E-state index in [1.54, 1.807) is 4.57 Å². The van der Waals surface area contributed by atoms with E-state index in [2.05, 4.69) is 43.1 Å². The van der Waals surface area contributed by atoms with Crippen molar-refractivity contribution in [1.29, 1.82) is 0 Å². The Bertz CT molecular complexity index is 863. The minimum absolute atomic E-state index is 0.00822. The Morgan fingerprint density at radius 1 is 1.09 bits per heavy atom. The molecule has 0 fully saturated rings. The number of fused-ring (bicyclic) bond motifs is 1. The number of aromatic nitrogens is 2. The molecule has 0 aliphatic heterocycles. The van der Waals surface area contributed by atoms with Crippen LogP contribution in [-0.2, 0) is 7.05 Å². The van der Waals surface area contributed by atoms with Crippen molar-refractivity contribution in [2.75, 3.05) is 0 Å². The Labute approximate surface area is 130 Å². The molecule has 0 aliphatic rings. The lowest BCUT2D eigenvalue weighted by molar-refractivity contribution is 0.718. The van der Waals surface area contributed by atoms with Gasteiger partial charge in [0.2, 0.25) is 0 Å². The topological polar surface area (TPSA) is 34.9 Å². The molecule has 112 valence electrons. The Kier molecular flexibility index (Phi) is 3.80. The van der Waals surface area contributed by atoms with Crippen molar-refractivity contribution < 1.29 is 0 Å². The predicted molar refractivity (Wildman–Crippen MR) is 90.3 cm³/mol. The van der Waals surface area contributed by atoms with Gasteiger partial charge < -0.3 is 4.57 Å². The number of benzene rings is 2. The number of hydrogen-bond donors (Lipinski definition) is 0. The number of aryl methyl sites for hydroxylation is 2. The van der Waals surface area contributed by atoms with Crippen LogP contribution in [0.2, 0.25) is 0 Å². The van der Waals surface area contributed by atoms with Crippen molar-refractivity contribution in [3.8, 4) is 0 Å². The van der Waals surface area contributed by atoms with Crippen molar-refractivity contribution in [2.24, 2.45) is 7.05 Å². The Hall–Kier alpha value is -2.42. The smallest absolute Gasteiger partial charge is 0.273 e. The average molecular weight is 292 g/mol. The van der Waals surface area contributed by atoms with E-state index in [0.29, 0.717) is 5.69 Å². The van der Waals surface area contributed by atoms with E-state index in [4.69, 9.17) is 0 Å². The summed E-state index contributed by atoms with van der Waals surface area (Å²) < 4.78 is 1.70. The van der Waals surface area contributed by atoms with E-state index in [9.17, 15) is 4.79 Å². The van der Waals surface area contributed by atoms with Crippen LogP contribution in [0.3, 0.4) is 0 Å². The molecular weight excluding hydrogens is 272 g/mol. The highest BCUT2D eigenvalue weighted by molar-refractivity contribution is 5.74. The number of para-hydroxylation sites is 2. The van der Waals surface area contributed by atoms with Gasteiger partial charge >= 0.3 is 0 Å². The van der Waals surface area contributed by atoms with Crippen LogP contribution in [0.15, 0.2) is 53.3 Å². The number of nitrogens with zero attached hydrogens (tertiary/aromatic N) is 2. The van der Waals surface area contributed by atoms with Crippen molar-refractivity contribution in [2.45, 2.75) is 26.2 Å². The maximum atomic E-state index is 12.7. The van der Waals surface area contributed by atoms with Crippen molar-refractivity contribution >= 4 is 11.0 Å². The fraction of sp³-hybridized carbons (Fsp3) is 0.263. The van der Waals surface area contributed by atoms with Crippen LogP contribution in [0.1, 0.15) is 36.1 Å². The Balaban J connectivity index is 2.21. The van der Waals surface area contributed by atoms with Gasteiger partial charge in [-0.2, -0.15) is 0 Å². The lowest BCUT2D eigenvalue weighted by Crippen LogP contribution is -2.25. The van der Waals surface area contributed by atoms with Crippen molar-refractivity contribution in [1.82, 2.24) is 9.55 Å². The van der Waals surface area contributed by atoms with Crippen LogP contribution in [-0.4, -0.2) is 9.55 Å².